The summed E-state index contributed by atoms with van der Waals surface area (Å²) < 4.78 is 1.24. The third kappa shape index (κ3) is 20.8. The first-order chi connectivity index (χ1) is 15.9. The molecule has 0 fully saturated rings. The Morgan fingerprint density at radius 2 is 1.00 bits per heavy atom. The fourth-order valence-electron chi connectivity index (χ4n) is 4.68. The van der Waals surface area contributed by atoms with E-state index in [1.54, 1.807) is 0 Å². The lowest BCUT2D eigenvalue weighted by Crippen LogP contribution is -2.41. The van der Waals surface area contributed by atoms with Crippen LogP contribution in [0.25, 0.3) is 0 Å². The summed E-state index contributed by atoms with van der Waals surface area (Å²) in [6.45, 7) is 9.57. The van der Waals surface area contributed by atoms with Gasteiger partial charge in [-0.1, -0.05) is 115 Å². The number of benzene rings is 1. The lowest BCUT2D eigenvalue weighted by molar-refractivity contribution is -0.890. The standard InChI is InChI=1S/C20H44N.C11H17N.ClH/c1-5-7-9-11-13-14-16-18-20-21(3,4)19-17-15-12-10-8-6-2;1-4-11(12(2)3)10-8-6-5-7-9-10;/h5-20H2,1-4H3;5-9,11H,4H2,1-3H3;1H/q+1;;. The summed E-state index contributed by atoms with van der Waals surface area (Å²) in [6.07, 6.45) is 21.2. The van der Waals surface area contributed by atoms with Crippen LogP contribution >= 0.6 is 12.4 Å². The van der Waals surface area contributed by atoms with Crippen molar-refractivity contribution in [1.82, 2.24) is 4.90 Å². The highest BCUT2D eigenvalue weighted by Gasteiger charge is 2.13. The molecule has 34 heavy (non-hydrogen) atoms. The molecule has 1 unspecified atom stereocenters. The normalized spacial score (nSPS) is 12.1. The molecule has 0 radical (unpaired) electrons. The molecule has 0 bridgehead atoms. The van der Waals surface area contributed by atoms with Crippen LogP contribution in [-0.2, 0) is 0 Å². The van der Waals surface area contributed by atoms with Gasteiger partial charge in [-0.2, -0.15) is 0 Å². The summed E-state index contributed by atoms with van der Waals surface area (Å²) in [6, 6.07) is 11.2. The molecule has 0 N–H and O–H groups in total. The van der Waals surface area contributed by atoms with Crippen molar-refractivity contribution in [2.75, 3.05) is 41.3 Å². The van der Waals surface area contributed by atoms with Gasteiger partial charge in [0.15, 0.2) is 0 Å². The topological polar surface area (TPSA) is 3.24 Å². The third-order valence-electron chi connectivity index (χ3n) is 6.93. The van der Waals surface area contributed by atoms with E-state index in [1.165, 1.54) is 113 Å². The van der Waals surface area contributed by atoms with Gasteiger partial charge in [0, 0.05) is 6.04 Å². The highest BCUT2D eigenvalue weighted by Crippen LogP contribution is 2.20. The summed E-state index contributed by atoms with van der Waals surface area (Å²) in [4.78, 5) is 2.26. The van der Waals surface area contributed by atoms with Gasteiger partial charge in [0.05, 0.1) is 27.2 Å². The molecule has 1 rings (SSSR count). The predicted molar refractivity (Wildman–Crippen MR) is 158 cm³/mol. The summed E-state index contributed by atoms with van der Waals surface area (Å²) in [5.74, 6) is 0. The SMILES string of the molecule is CCC(c1ccccc1)N(C)C.CCCCCCCCCC[N+](C)(C)CCCCCCCC.Cl. The lowest BCUT2D eigenvalue weighted by Gasteiger charge is -2.30. The highest BCUT2D eigenvalue weighted by atomic mass is 35.5. The lowest BCUT2D eigenvalue weighted by atomic mass is 10.0. The zero-order chi connectivity index (χ0) is 24.8. The fraction of sp³-hybridized carbons (Fsp3) is 0.806. The third-order valence-corrected chi connectivity index (χ3v) is 6.93. The average Bonchev–Trinajstić information content (AvgIpc) is 2.79. The van der Waals surface area contributed by atoms with Crippen LogP contribution in [0.15, 0.2) is 30.3 Å². The van der Waals surface area contributed by atoms with E-state index in [9.17, 15) is 0 Å². The maximum absolute atomic E-state index is 2.42. The second kappa shape index (κ2) is 24.1. The van der Waals surface area contributed by atoms with Crippen molar-refractivity contribution in [2.45, 2.75) is 123 Å². The Labute approximate surface area is 221 Å². The molecular weight excluding hydrogens is 436 g/mol. The van der Waals surface area contributed by atoms with Crippen molar-refractivity contribution in [3.05, 3.63) is 35.9 Å². The largest absolute Gasteiger partial charge is 0.328 e. The van der Waals surface area contributed by atoms with Crippen LogP contribution in [-0.4, -0.2) is 50.7 Å². The molecule has 0 heterocycles. The van der Waals surface area contributed by atoms with Crippen molar-refractivity contribution in [2.24, 2.45) is 0 Å². The molecule has 0 aliphatic carbocycles. The molecule has 0 saturated carbocycles. The second-order valence-electron chi connectivity index (χ2n) is 10.9. The minimum absolute atomic E-state index is 0. The van der Waals surface area contributed by atoms with Gasteiger partial charge in [0.1, 0.15) is 0 Å². The van der Waals surface area contributed by atoms with Gasteiger partial charge >= 0.3 is 0 Å². The molecule has 0 aliphatic rings. The Morgan fingerprint density at radius 3 is 1.35 bits per heavy atom. The van der Waals surface area contributed by atoms with E-state index in [2.05, 4.69) is 84.2 Å². The van der Waals surface area contributed by atoms with Crippen molar-refractivity contribution in [1.29, 1.82) is 0 Å². The van der Waals surface area contributed by atoms with Crippen LogP contribution in [0.4, 0.5) is 0 Å². The molecule has 1 atom stereocenters. The molecule has 1 aromatic carbocycles. The first-order valence-electron chi connectivity index (χ1n) is 14.4. The molecule has 3 heteroatoms. The molecule has 0 amide bonds. The minimum atomic E-state index is 0. The smallest absolute Gasteiger partial charge is 0.0782 e. The maximum Gasteiger partial charge on any atom is 0.0782 e. The number of nitrogens with zero attached hydrogens (tertiary/aromatic N) is 2. The Bertz CT molecular complexity index is 515. The van der Waals surface area contributed by atoms with E-state index in [1.807, 2.05) is 0 Å². The van der Waals surface area contributed by atoms with Crippen LogP contribution in [0.2, 0.25) is 0 Å². The second-order valence-corrected chi connectivity index (χ2v) is 10.9. The number of rotatable bonds is 19. The number of unbranched alkanes of at least 4 members (excludes halogenated alkanes) is 12. The van der Waals surface area contributed by atoms with Crippen molar-refractivity contribution in [3.63, 3.8) is 0 Å². The first-order valence-corrected chi connectivity index (χ1v) is 14.4. The maximum atomic E-state index is 2.42. The van der Waals surface area contributed by atoms with E-state index in [-0.39, 0.29) is 12.4 Å². The Balaban J connectivity index is 0. The molecule has 2 nitrogen and oxygen atoms in total. The quantitative estimate of drug-likeness (QED) is 0.136. The van der Waals surface area contributed by atoms with Crippen molar-refractivity contribution < 1.29 is 4.48 Å². The zero-order valence-corrected chi connectivity index (χ0v) is 25.1. The van der Waals surface area contributed by atoms with Gasteiger partial charge in [-0.25, -0.2) is 0 Å². The highest BCUT2D eigenvalue weighted by molar-refractivity contribution is 5.85. The Hall–Kier alpha value is -0.570. The first kappa shape index (κ1) is 35.6. The monoisotopic (exact) mass is 497 g/mol. The Kier molecular flexibility index (Phi) is 25.3. The van der Waals surface area contributed by atoms with E-state index < -0.39 is 0 Å². The van der Waals surface area contributed by atoms with Gasteiger partial charge in [0.2, 0.25) is 0 Å². The fourth-order valence-corrected chi connectivity index (χ4v) is 4.68. The van der Waals surface area contributed by atoms with Crippen molar-refractivity contribution >= 4 is 12.4 Å². The van der Waals surface area contributed by atoms with E-state index in [4.69, 9.17) is 0 Å². The van der Waals surface area contributed by atoms with Gasteiger partial charge < -0.3 is 9.38 Å². The molecule has 202 valence electrons. The van der Waals surface area contributed by atoms with Crippen LogP contribution < -0.4 is 0 Å². The Morgan fingerprint density at radius 1 is 0.618 bits per heavy atom. The predicted octanol–water partition coefficient (Wildman–Crippen LogP) is 9.69. The molecular formula is C31H62ClN2+. The summed E-state index contributed by atoms with van der Waals surface area (Å²) >= 11 is 0. The van der Waals surface area contributed by atoms with E-state index in [0.29, 0.717) is 6.04 Å². The number of hydrogen-bond donors (Lipinski definition) is 0. The van der Waals surface area contributed by atoms with Gasteiger partial charge in [-0.05, 0) is 51.8 Å². The van der Waals surface area contributed by atoms with Gasteiger partial charge in [-0.15, -0.1) is 12.4 Å². The zero-order valence-electron chi connectivity index (χ0n) is 24.3. The minimum Gasteiger partial charge on any atom is -0.328 e. The van der Waals surface area contributed by atoms with E-state index >= 15 is 0 Å². The van der Waals surface area contributed by atoms with Gasteiger partial charge in [0.25, 0.3) is 0 Å². The van der Waals surface area contributed by atoms with Crippen LogP contribution in [0.3, 0.4) is 0 Å². The molecule has 0 saturated heterocycles. The van der Waals surface area contributed by atoms with E-state index in [0.717, 1.165) is 6.42 Å². The average molecular weight is 498 g/mol. The van der Waals surface area contributed by atoms with Crippen LogP contribution in [0, 0.1) is 0 Å². The molecule has 0 aliphatic heterocycles. The molecule has 0 aromatic heterocycles. The molecule has 1 aromatic rings. The van der Waals surface area contributed by atoms with Gasteiger partial charge in [-0.3, -0.25) is 0 Å². The summed E-state index contributed by atoms with van der Waals surface area (Å²) in [5, 5.41) is 0. The summed E-state index contributed by atoms with van der Waals surface area (Å²) in [7, 11) is 9.10. The van der Waals surface area contributed by atoms with Crippen LogP contribution in [0.1, 0.15) is 129 Å². The number of quaternary nitrogens is 1. The molecule has 0 spiro atoms. The number of hydrogen-bond acceptors (Lipinski definition) is 1. The summed E-state index contributed by atoms with van der Waals surface area (Å²) in [5.41, 5.74) is 1.41. The van der Waals surface area contributed by atoms with Crippen molar-refractivity contribution in [3.8, 4) is 0 Å². The number of halogens is 1. The van der Waals surface area contributed by atoms with Crippen LogP contribution in [0.5, 0.6) is 0 Å².